The number of aromatic nitrogens is 1. The van der Waals surface area contributed by atoms with Crippen LogP contribution in [0.3, 0.4) is 0 Å². The number of rotatable bonds is 3. The highest BCUT2D eigenvalue weighted by Gasteiger charge is 2.51. The fraction of sp³-hybridized carbons (Fsp3) is 0.435. The molecule has 1 aliphatic carbocycles. The molecule has 1 aliphatic heterocycles. The van der Waals surface area contributed by atoms with E-state index in [9.17, 15) is 9.59 Å². The van der Waals surface area contributed by atoms with Crippen LogP contribution in [0.15, 0.2) is 42.7 Å². The quantitative estimate of drug-likeness (QED) is 0.882. The number of hydrogen-bond acceptors (Lipinski definition) is 3. The first kappa shape index (κ1) is 18.7. The van der Waals surface area contributed by atoms with Gasteiger partial charge in [-0.25, -0.2) is 0 Å². The Bertz CT molecular complexity index is 952. The van der Waals surface area contributed by atoms with Crippen molar-refractivity contribution >= 4 is 11.8 Å². The molecule has 2 aromatic rings. The van der Waals surface area contributed by atoms with Crippen molar-refractivity contribution in [1.29, 1.82) is 0 Å². The van der Waals surface area contributed by atoms with Crippen molar-refractivity contribution in [3.8, 4) is 11.1 Å². The van der Waals surface area contributed by atoms with E-state index in [0.29, 0.717) is 17.2 Å². The fourth-order valence-corrected chi connectivity index (χ4v) is 5.43. The molecular formula is C23H27N3O2. The summed E-state index contributed by atoms with van der Waals surface area (Å²) in [5.74, 6) is -0.422. The number of carbonyl (C=O) groups excluding carboxylic acids is 2. The van der Waals surface area contributed by atoms with Crippen LogP contribution in [0.2, 0.25) is 0 Å². The molecule has 2 bridgehead atoms. The minimum atomic E-state index is -0.512. The molecule has 0 radical (unpaired) electrons. The van der Waals surface area contributed by atoms with E-state index >= 15 is 0 Å². The van der Waals surface area contributed by atoms with Crippen molar-refractivity contribution in [3.05, 3.63) is 53.9 Å². The highest BCUT2D eigenvalue weighted by Crippen LogP contribution is 2.52. The molecule has 1 aromatic carbocycles. The maximum Gasteiger partial charge on any atom is 0.254 e. The topological polar surface area (TPSA) is 76.3 Å². The Kier molecular flexibility index (Phi) is 4.29. The van der Waals surface area contributed by atoms with Gasteiger partial charge in [0.1, 0.15) is 0 Å². The first-order valence-electron chi connectivity index (χ1n) is 9.82. The highest BCUT2D eigenvalue weighted by molar-refractivity contribution is 5.96. The van der Waals surface area contributed by atoms with Gasteiger partial charge in [-0.2, -0.15) is 0 Å². The highest BCUT2D eigenvalue weighted by atomic mass is 16.2. The molecule has 2 N–H and O–H groups in total. The van der Waals surface area contributed by atoms with Gasteiger partial charge in [0.2, 0.25) is 5.91 Å². The lowest BCUT2D eigenvalue weighted by Gasteiger charge is -2.39. The zero-order chi connectivity index (χ0) is 20.1. The van der Waals surface area contributed by atoms with Gasteiger partial charge in [-0.05, 0) is 53.9 Å². The smallest absolute Gasteiger partial charge is 0.254 e. The number of nitrogens with zero attached hydrogens (tertiary/aromatic N) is 2. The Hall–Kier alpha value is -2.69. The second kappa shape index (κ2) is 6.43. The average Bonchev–Trinajstić information content (AvgIpc) is 2.90. The lowest BCUT2D eigenvalue weighted by Crippen LogP contribution is -2.37. The second-order valence-electron chi connectivity index (χ2n) is 9.55. The molecule has 1 saturated heterocycles. The van der Waals surface area contributed by atoms with E-state index in [1.165, 1.54) is 6.20 Å². The van der Waals surface area contributed by atoms with Crippen molar-refractivity contribution in [2.24, 2.45) is 16.6 Å². The molecular weight excluding hydrogens is 350 g/mol. The van der Waals surface area contributed by atoms with E-state index in [2.05, 4.69) is 30.7 Å². The third-order valence-corrected chi connectivity index (χ3v) is 6.14. The number of nitrogens with two attached hydrogens (primary N) is 1. The molecule has 4 rings (SSSR count). The lowest BCUT2D eigenvalue weighted by molar-refractivity contribution is 0.0708. The van der Waals surface area contributed by atoms with Crippen LogP contribution in [0.4, 0.5) is 0 Å². The van der Waals surface area contributed by atoms with Crippen LogP contribution in [-0.4, -0.2) is 34.3 Å². The second-order valence-corrected chi connectivity index (χ2v) is 9.55. The third kappa shape index (κ3) is 3.41. The summed E-state index contributed by atoms with van der Waals surface area (Å²) >= 11 is 0. The number of pyridine rings is 1. The molecule has 2 fully saturated rings. The molecule has 1 saturated carbocycles. The number of carbonyl (C=O) groups is 2. The van der Waals surface area contributed by atoms with Gasteiger partial charge >= 0.3 is 0 Å². The van der Waals surface area contributed by atoms with Crippen LogP contribution in [0.5, 0.6) is 0 Å². The van der Waals surface area contributed by atoms with Crippen molar-refractivity contribution in [2.75, 3.05) is 6.54 Å². The van der Waals surface area contributed by atoms with Gasteiger partial charge in [0, 0.05) is 36.1 Å². The first-order valence-corrected chi connectivity index (χ1v) is 9.82. The number of benzene rings is 1. The molecule has 146 valence electrons. The van der Waals surface area contributed by atoms with E-state index in [4.69, 9.17) is 5.73 Å². The normalized spacial score (nSPS) is 25.5. The molecule has 28 heavy (non-hydrogen) atoms. The van der Waals surface area contributed by atoms with Gasteiger partial charge in [-0.15, -0.1) is 0 Å². The molecule has 5 heteroatoms. The Morgan fingerprint density at radius 1 is 1.07 bits per heavy atom. The summed E-state index contributed by atoms with van der Waals surface area (Å²) in [6, 6.07) is 9.58. The zero-order valence-electron chi connectivity index (χ0n) is 16.7. The Balaban J connectivity index is 1.63. The van der Waals surface area contributed by atoms with Gasteiger partial charge in [0.15, 0.2) is 0 Å². The fourth-order valence-electron chi connectivity index (χ4n) is 5.43. The van der Waals surface area contributed by atoms with Crippen LogP contribution in [0.1, 0.15) is 60.7 Å². The SMILES string of the molecule is CC1(C)CC2CC(C)(CN2C(=O)c2cccc(-c3cncc(C(N)=O)c3)c2)C1. The van der Waals surface area contributed by atoms with Crippen LogP contribution in [0, 0.1) is 10.8 Å². The molecule has 2 heterocycles. The summed E-state index contributed by atoms with van der Waals surface area (Å²) < 4.78 is 0. The van der Waals surface area contributed by atoms with Crippen molar-refractivity contribution in [1.82, 2.24) is 9.88 Å². The summed E-state index contributed by atoms with van der Waals surface area (Å²) in [6.45, 7) is 7.75. The minimum Gasteiger partial charge on any atom is -0.366 e. The van der Waals surface area contributed by atoms with Crippen LogP contribution < -0.4 is 5.73 Å². The Labute approximate surface area is 165 Å². The zero-order valence-corrected chi connectivity index (χ0v) is 16.7. The number of likely N-dealkylation sites (tertiary alicyclic amines) is 1. The summed E-state index contributed by atoms with van der Waals surface area (Å²) in [4.78, 5) is 31.0. The van der Waals surface area contributed by atoms with Gasteiger partial charge in [-0.3, -0.25) is 14.6 Å². The predicted octanol–water partition coefficient (Wildman–Crippen LogP) is 3.89. The predicted molar refractivity (Wildman–Crippen MR) is 109 cm³/mol. The summed E-state index contributed by atoms with van der Waals surface area (Å²) in [6.07, 6.45) is 6.44. The molecule has 2 aliphatic rings. The molecule has 2 unspecified atom stereocenters. The van der Waals surface area contributed by atoms with Crippen LogP contribution in [0.25, 0.3) is 11.1 Å². The van der Waals surface area contributed by atoms with Gasteiger partial charge in [0.25, 0.3) is 5.91 Å². The van der Waals surface area contributed by atoms with E-state index in [1.807, 2.05) is 24.3 Å². The number of hydrogen-bond donors (Lipinski definition) is 1. The average molecular weight is 377 g/mol. The molecule has 0 spiro atoms. The summed E-state index contributed by atoms with van der Waals surface area (Å²) in [5.41, 5.74) is 8.52. The van der Waals surface area contributed by atoms with Gasteiger partial charge in [-0.1, -0.05) is 32.9 Å². The maximum absolute atomic E-state index is 13.3. The van der Waals surface area contributed by atoms with Crippen molar-refractivity contribution in [3.63, 3.8) is 0 Å². The van der Waals surface area contributed by atoms with E-state index in [-0.39, 0.29) is 16.7 Å². The summed E-state index contributed by atoms with van der Waals surface area (Å²) in [7, 11) is 0. The lowest BCUT2D eigenvalue weighted by atomic mass is 9.65. The standard InChI is InChI=1S/C23H27N3O2/c1-22(2)9-19-10-23(3,13-22)14-26(19)21(28)16-6-4-5-15(7-16)17-8-18(20(24)27)12-25-11-17/h4-8,11-12,19H,9-10,13-14H2,1-3H3,(H2,24,27). The monoisotopic (exact) mass is 377 g/mol. The third-order valence-electron chi connectivity index (χ3n) is 6.14. The molecule has 2 amide bonds. The van der Waals surface area contributed by atoms with Gasteiger partial charge < -0.3 is 10.6 Å². The van der Waals surface area contributed by atoms with Crippen LogP contribution >= 0.6 is 0 Å². The Morgan fingerprint density at radius 2 is 1.82 bits per heavy atom. The van der Waals surface area contributed by atoms with E-state index in [1.54, 1.807) is 12.3 Å². The molecule has 5 nitrogen and oxygen atoms in total. The maximum atomic E-state index is 13.3. The number of fused-ring (bicyclic) bond motifs is 2. The molecule has 2 atom stereocenters. The molecule has 1 aromatic heterocycles. The largest absolute Gasteiger partial charge is 0.366 e. The Morgan fingerprint density at radius 3 is 2.57 bits per heavy atom. The number of amides is 2. The van der Waals surface area contributed by atoms with E-state index < -0.39 is 5.91 Å². The number of primary amides is 1. The minimum absolute atomic E-state index is 0.0901. The van der Waals surface area contributed by atoms with Crippen molar-refractivity contribution in [2.45, 2.75) is 46.1 Å². The summed E-state index contributed by atoms with van der Waals surface area (Å²) in [5, 5.41) is 0. The van der Waals surface area contributed by atoms with E-state index in [0.717, 1.165) is 36.9 Å². The van der Waals surface area contributed by atoms with Gasteiger partial charge in [0.05, 0.1) is 5.56 Å². The van der Waals surface area contributed by atoms with Crippen molar-refractivity contribution < 1.29 is 9.59 Å². The first-order chi connectivity index (χ1) is 13.2. The van der Waals surface area contributed by atoms with Crippen LogP contribution in [-0.2, 0) is 0 Å².